The maximum Gasteiger partial charge on any atom is 0.323 e. The average molecular weight is 659 g/mol. The Morgan fingerprint density at radius 1 is 0.938 bits per heavy atom. The van der Waals surface area contributed by atoms with Crippen molar-refractivity contribution in [3.05, 3.63) is 83.9 Å². The molecular formula is C36H46N6O6. The zero-order chi connectivity index (χ0) is 34.5. The molecule has 4 N–H and O–H groups in total. The van der Waals surface area contributed by atoms with Gasteiger partial charge in [-0.25, -0.2) is 9.59 Å². The van der Waals surface area contributed by atoms with Gasteiger partial charge in [-0.1, -0.05) is 42.5 Å². The van der Waals surface area contributed by atoms with Crippen molar-refractivity contribution in [2.75, 3.05) is 69.0 Å². The summed E-state index contributed by atoms with van der Waals surface area (Å²) in [6.45, 7) is 4.71. The lowest BCUT2D eigenvalue weighted by atomic mass is 10.1. The van der Waals surface area contributed by atoms with Gasteiger partial charge in [0, 0.05) is 57.7 Å². The molecule has 3 aromatic rings. The summed E-state index contributed by atoms with van der Waals surface area (Å²) in [5, 5.41) is 17.9. The van der Waals surface area contributed by atoms with Gasteiger partial charge in [-0.3, -0.25) is 9.59 Å². The minimum absolute atomic E-state index is 0.0938. The van der Waals surface area contributed by atoms with Crippen molar-refractivity contribution in [3.63, 3.8) is 0 Å². The standard InChI is InChI=1S/C36H46N6O6/c1-26-10-7-8-13-30(26)38-35(46)39-31-15-14-27(22-32(31)48-3)23-33(43)37-24-28-16-20-42(25-28)36(47)41(21-17-34(44)45)19-9-18-40(2)29-11-5-4-6-12-29/h4-8,10-15,22,28H,9,16-21,23-25H2,1-3H3,(H,37,43)(H,44,45)(H2,38,39,46). The molecule has 1 atom stereocenters. The lowest BCUT2D eigenvalue weighted by Crippen LogP contribution is -2.44. The lowest BCUT2D eigenvalue weighted by molar-refractivity contribution is -0.137. The monoisotopic (exact) mass is 658 g/mol. The number of aryl methyl sites for hydroxylation is 1. The number of aliphatic carboxylic acids is 1. The van der Waals surface area contributed by atoms with Gasteiger partial charge in [-0.2, -0.15) is 0 Å². The molecule has 12 heteroatoms. The van der Waals surface area contributed by atoms with Gasteiger partial charge in [0.25, 0.3) is 0 Å². The van der Waals surface area contributed by atoms with Crippen LogP contribution >= 0.6 is 0 Å². The summed E-state index contributed by atoms with van der Waals surface area (Å²) in [5.41, 5.74) is 3.93. The molecule has 0 radical (unpaired) electrons. The Hall–Kier alpha value is -5.26. The minimum atomic E-state index is -0.941. The number of carboxylic acids is 1. The fraction of sp³-hybridized carbons (Fsp3) is 0.389. The third kappa shape index (κ3) is 10.6. The molecule has 1 aliphatic rings. The molecule has 1 heterocycles. The van der Waals surface area contributed by atoms with Gasteiger partial charge < -0.3 is 40.5 Å². The number of methoxy groups -OCH3 is 1. The summed E-state index contributed by atoms with van der Waals surface area (Å²) in [6.07, 6.45) is 1.46. The number of nitrogens with zero attached hydrogens (tertiary/aromatic N) is 3. The fourth-order valence-electron chi connectivity index (χ4n) is 5.66. The molecule has 12 nitrogen and oxygen atoms in total. The molecule has 1 unspecified atom stereocenters. The molecule has 1 fully saturated rings. The number of carboxylic acid groups (broad SMARTS) is 1. The topological polar surface area (TPSA) is 144 Å². The second-order valence-corrected chi connectivity index (χ2v) is 12.0. The second-order valence-electron chi connectivity index (χ2n) is 12.0. The Kier molecular flexibility index (Phi) is 13.1. The van der Waals surface area contributed by atoms with E-state index < -0.39 is 12.0 Å². The third-order valence-corrected chi connectivity index (χ3v) is 8.40. The van der Waals surface area contributed by atoms with Crippen molar-refractivity contribution in [2.45, 2.75) is 32.6 Å². The first kappa shape index (κ1) is 35.6. The van der Waals surface area contributed by atoms with E-state index in [-0.39, 0.29) is 37.2 Å². The van der Waals surface area contributed by atoms with Crippen LogP contribution in [0.2, 0.25) is 0 Å². The predicted octanol–water partition coefficient (Wildman–Crippen LogP) is 5.05. The van der Waals surface area contributed by atoms with E-state index in [0.29, 0.717) is 49.7 Å². The van der Waals surface area contributed by atoms with E-state index in [9.17, 15) is 24.3 Å². The van der Waals surface area contributed by atoms with Crippen LogP contribution in [-0.4, -0.2) is 92.3 Å². The minimum Gasteiger partial charge on any atom is -0.495 e. The first-order valence-electron chi connectivity index (χ1n) is 16.2. The number of carbonyl (C=O) groups excluding carboxylic acids is 3. The van der Waals surface area contributed by atoms with Crippen LogP contribution in [0.15, 0.2) is 72.8 Å². The van der Waals surface area contributed by atoms with E-state index in [1.54, 1.807) is 28.0 Å². The summed E-state index contributed by atoms with van der Waals surface area (Å²) in [5.74, 6) is -0.575. The van der Waals surface area contributed by atoms with Gasteiger partial charge in [0.1, 0.15) is 5.75 Å². The van der Waals surface area contributed by atoms with Crippen LogP contribution in [0.4, 0.5) is 26.7 Å². The zero-order valence-electron chi connectivity index (χ0n) is 27.9. The van der Waals surface area contributed by atoms with Gasteiger partial charge in [0.2, 0.25) is 5.91 Å². The first-order chi connectivity index (χ1) is 23.1. The van der Waals surface area contributed by atoms with E-state index in [0.717, 1.165) is 29.8 Å². The molecule has 1 saturated heterocycles. The van der Waals surface area contributed by atoms with E-state index in [4.69, 9.17) is 4.74 Å². The molecule has 256 valence electrons. The number of benzene rings is 3. The number of anilines is 3. The number of likely N-dealkylation sites (tertiary alicyclic amines) is 1. The highest BCUT2D eigenvalue weighted by Crippen LogP contribution is 2.26. The van der Waals surface area contributed by atoms with Crippen LogP contribution in [0.1, 0.15) is 30.4 Å². The molecule has 0 saturated carbocycles. The number of nitrogens with one attached hydrogen (secondary N) is 3. The van der Waals surface area contributed by atoms with Gasteiger partial charge in [-0.05, 0) is 67.1 Å². The Balaban J connectivity index is 1.23. The van der Waals surface area contributed by atoms with Crippen molar-refractivity contribution in [1.29, 1.82) is 0 Å². The van der Waals surface area contributed by atoms with Crippen LogP contribution in [0.25, 0.3) is 0 Å². The van der Waals surface area contributed by atoms with Crippen LogP contribution in [-0.2, 0) is 16.0 Å². The number of hydrogen-bond donors (Lipinski definition) is 4. The first-order valence-corrected chi connectivity index (χ1v) is 16.2. The highest BCUT2D eigenvalue weighted by molar-refractivity contribution is 6.01. The number of para-hydroxylation sites is 2. The van der Waals surface area contributed by atoms with Crippen molar-refractivity contribution in [2.24, 2.45) is 5.92 Å². The number of urea groups is 2. The maximum absolute atomic E-state index is 13.4. The normalized spacial score (nSPS) is 13.8. The Morgan fingerprint density at radius 2 is 1.67 bits per heavy atom. The fourth-order valence-corrected chi connectivity index (χ4v) is 5.66. The van der Waals surface area contributed by atoms with Crippen LogP contribution < -0.4 is 25.6 Å². The Bertz CT molecular complexity index is 1550. The zero-order valence-corrected chi connectivity index (χ0v) is 27.9. The molecule has 48 heavy (non-hydrogen) atoms. The van der Waals surface area contributed by atoms with Crippen molar-refractivity contribution in [3.8, 4) is 5.75 Å². The lowest BCUT2D eigenvalue weighted by Gasteiger charge is -2.29. The van der Waals surface area contributed by atoms with Crippen LogP contribution in [0.3, 0.4) is 0 Å². The highest BCUT2D eigenvalue weighted by atomic mass is 16.5. The number of ether oxygens (including phenoxy) is 1. The molecule has 1 aliphatic heterocycles. The van der Waals surface area contributed by atoms with E-state index in [2.05, 4.69) is 20.9 Å². The van der Waals surface area contributed by atoms with Crippen LogP contribution in [0, 0.1) is 12.8 Å². The van der Waals surface area contributed by atoms with Crippen molar-refractivity contribution >= 4 is 41.0 Å². The molecule has 5 amide bonds. The quantitative estimate of drug-likeness (QED) is 0.179. The van der Waals surface area contributed by atoms with Gasteiger partial charge in [0.05, 0.1) is 25.6 Å². The number of amides is 5. The molecule has 3 aromatic carbocycles. The van der Waals surface area contributed by atoms with E-state index in [1.807, 2.05) is 68.6 Å². The predicted molar refractivity (Wildman–Crippen MR) is 187 cm³/mol. The van der Waals surface area contributed by atoms with Gasteiger partial charge in [-0.15, -0.1) is 0 Å². The molecule has 0 spiro atoms. The van der Waals surface area contributed by atoms with Gasteiger partial charge in [0.15, 0.2) is 0 Å². The number of carbonyl (C=O) groups is 4. The largest absolute Gasteiger partial charge is 0.495 e. The van der Waals surface area contributed by atoms with E-state index >= 15 is 0 Å². The summed E-state index contributed by atoms with van der Waals surface area (Å²) < 4.78 is 5.47. The second kappa shape index (κ2) is 17.6. The summed E-state index contributed by atoms with van der Waals surface area (Å²) >= 11 is 0. The maximum atomic E-state index is 13.4. The number of hydrogen-bond acceptors (Lipinski definition) is 6. The molecule has 0 aromatic heterocycles. The molecule has 0 aliphatic carbocycles. The smallest absolute Gasteiger partial charge is 0.323 e. The summed E-state index contributed by atoms with van der Waals surface area (Å²) in [4.78, 5) is 55.6. The van der Waals surface area contributed by atoms with Crippen molar-refractivity contribution in [1.82, 2.24) is 15.1 Å². The number of rotatable bonds is 15. The van der Waals surface area contributed by atoms with Crippen molar-refractivity contribution < 1.29 is 29.0 Å². The third-order valence-electron chi connectivity index (χ3n) is 8.40. The summed E-state index contributed by atoms with van der Waals surface area (Å²) in [7, 11) is 3.50. The van der Waals surface area contributed by atoms with E-state index in [1.165, 1.54) is 7.11 Å². The SMILES string of the molecule is COc1cc(CC(=O)NCC2CCN(C(=O)N(CCCN(C)c3ccccc3)CCC(=O)O)C2)ccc1NC(=O)Nc1ccccc1C. The molecule has 0 bridgehead atoms. The Morgan fingerprint density at radius 3 is 2.40 bits per heavy atom. The van der Waals surface area contributed by atoms with Gasteiger partial charge >= 0.3 is 18.0 Å². The highest BCUT2D eigenvalue weighted by Gasteiger charge is 2.29. The van der Waals surface area contributed by atoms with Crippen LogP contribution in [0.5, 0.6) is 5.75 Å². The average Bonchev–Trinajstić information content (AvgIpc) is 3.56. The molecular weight excluding hydrogens is 612 g/mol. The Labute approximate surface area is 282 Å². The summed E-state index contributed by atoms with van der Waals surface area (Å²) in [6, 6.07) is 22.1. The molecule has 4 rings (SSSR count).